The number of hydrogen-bond donors (Lipinski definition) is 1. The number of benzene rings is 1. The van der Waals surface area contributed by atoms with Crippen LogP contribution in [0.3, 0.4) is 0 Å². The van der Waals surface area contributed by atoms with Gasteiger partial charge in [-0.1, -0.05) is 34.1 Å². The maximum absolute atomic E-state index is 12.2. The molecule has 6 heteroatoms. The molecular formula is C16H11BrN2O2S. The Morgan fingerprint density at radius 3 is 2.77 bits per heavy atom. The first kappa shape index (κ1) is 14.9. The smallest absolute Gasteiger partial charge is 0.260 e. The molecule has 0 atom stereocenters. The van der Waals surface area contributed by atoms with E-state index in [1.165, 1.54) is 17.4 Å². The number of rotatable bonds is 3. The number of nitrogens with zero attached hydrogens (tertiary/aromatic N) is 1. The quantitative estimate of drug-likeness (QED) is 0.557. The number of aryl methyl sites for hydroxylation is 1. The summed E-state index contributed by atoms with van der Waals surface area (Å²) in [6.45, 7) is 1.90. The molecule has 0 aliphatic carbocycles. The third kappa shape index (κ3) is 3.08. The normalized spacial score (nSPS) is 11.4. The number of hydrogen-bond acceptors (Lipinski definition) is 4. The number of aromatic amines is 1. The number of H-pyrrole nitrogens is 1. The molecule has 2 heterocycles. The molecule has 0 saturated carbocycles. The van der Waals surface area contributed by atoms with Crippen LogP contribution in [0.5, 0.6) is 0 Å². The first-order valence-electron chi connectivity index (χ1n) is 6.51. The topological polar surface area (TPSA) is 62.8 Å². The lowest BCUT2D eigenvalue weighted by Gasteiger charge is -1.96. The van der Waals surface area contributed by atoms with Crippen LogP contribution in [0.2, 0.25) is 0 Å². The van der Waals surface area contributed by atoms with Crippen molar-refractivity contribution in [1.29, 1.82) is 0 Å². The molecule has 0 unspecified atom stereocenters. The maximum atomic E-state index is 12.2. The number of aromatic nitrogens is 2. The molecule has 0 spiro atoms. The lowest BCUT2D eigenvalue weighted by molar-refractivity contribution is 0.103. The van der Waals surface area contributed by atoms with Gasteiger partial charge in [-0.05, 0) is 36.8 Å². The average molecular weight is 375 g/mol. The van der Waals surface area contributed by atoms with Crippen LogP contribution in [-0.2, 0) is 0 Å². The Morgan fingerprint density at radius 2 is 2.05 bits per heavy atom. The van der Waals surface area contributed by atoms with Gasteiger partial charge in [0.25, 0.3) is 5.56 Å². The van der Waals surface area contributed by atoms with Crippen molar-refractivity contribution >= 4 is 49.3 Å². The van der Waals surface area contributed by atoms with Crippen molar-refractivity contribution in [3.05, 3.63) is 67.5 Å². The first-order chi connectivity index (χ1) is 10.5. The van der Waals surface area contributed by atoms with Crippen molar-refractivity contribution in [2.75, 3.05) is 0 Å². The molecule has 0 saturated heterocycles. The van der Waals surface area contributed by atoms with Crippen LogP contribution < -0.4 is 5.56 Å². The summed E-state index contributed by atoms with van der Waals surface area (Å²) in [7, 11) is 0. The largest absolute Gasteiger partial charge is 0.303 e. The second-order valence-electron chi connectivity index (χ2n) is 4.74. The number of carbonyl (C=O) groups excluding carboxylic acids is 1. The maximum Gasteiger partial charge on any atom is 0.260 e. The molecule has 0 aliphatic rings. The highest BCUT2D eigenvalue weighted by Gasteiger charge is 2.10. The third-order valence-corrected chi connectivity index (χ3v) is 4.53. The van der Waals surface area contributed by atoms with E-state index >= 15 is 0 Å². The molecule has 0 fully saturated rings. The number of halogens is 1. The van der Waals surface area contributed by atoms with Crippen LogP contribution in [0, 0.1) is 6.92 Å². The molecule has 22 heavy (non-hydrogen) atoms. The van der Waals surface area contributed by atoms with Crippen molar-refractivity contribution < 1.29 is 4.79 Å². The van der Waals surface area contributed by atoms with Gasteiger partial charge < -0.3 is 4.98 Å². The lowest BCUT2D eigenvalue weighted by atomic mass is 10.2. The van der Waals surface area contributed by atoms with Crippen LogP contribution >= 0.6 is 27.3 Å². The fourth-order valence-electron chi connectivity index (χ4n) is 1.99. The lowest BCUT2D eigenvalue weighted by Crippen LogP contribution is -2.13. The van der Waals surface area contributed by atoms with Gasteiger partial charge in [0.15, 0.2) is 5.82 Å². The van der Waals surface area contributed by atoms with Crippen LogP contribution in [0.15, 0.2) is 45.7 Å². The van der Waals surface area contributed by atoms with Crippen LogP contribution in [-0.4, -0.2) is 15.8 Å². The molecule has 0 amide bonds. The summed E-state index contributed by atoms with van der Waals surface area (Å²) in [5.74, 6) is -0.263. The Balaban J connectivity index is 1.91. The number of allylic oxidation sites excluding steroid dienone is 1. The molecule has 4 nitrogen and oxygen atoms in total. The third-order valence-electron chi connectivity index (χ3n) is 3.06. The summed E-state index contributed by atoms with van der Waals surface area (Å²) in [5, 5.41) is 0.524. The molecular weight excluding hydrogens is 364 g/mol. The van der Waals surface area contributed by atoms with E-state index < -0.39 is 0 Å². The van der Waals surface area contributed by atoms with Crippen molar-refractivity contribution in [3.8, 4) is 0 Å². The molecule has 2 aromatic heterocycles. The minimum Gasteiger partial charge on any atom is -0.303 e. The van der Waals surface area contributed by atoms with E-state index in [4.69, 9.17) is 0 Å². The van der Waals surface area contributed by atoms with Crippen molar-refractivity contribution in [1.82, 2.24) is 9.97 Å². The summed E-state index contributed by atoms with van der Waals surface area (Å²) in [6.07, 6.45) is 3.10. The van der Waals surface area contributed by atoms with Crippen molar-refractivity contribution in [2.24, 2.45) is 0 Å². The van der Waals surface area contributed by atoms with E-state index in [9.17, 15) is 9.59 Å². The van der Waals surface area contributed by atoms with E-state index in [0.29, 0.717) is 10.2 Å². The number of thiophene rings is 1. The van der Waals surface area contributed by atoms with Crippen LogP contribution in [0.4, 0.5) is 0 Å². The second kappa shape index (κ2) is 5.98. The molecule has 1 N–H and O–H groups in total. The second-order valence-corrected chi connectivity index (χ2v) is 6.89. The van der Waals surface area contributed by atoms with Crippen molar-refractivity contribution in [3.63, 3.8) is 0 Å². The number of fused-ring (bicyclic) bond motifs is 1. The van der Waals surface area contributed by atoms with E-state index in [-0.39, 0.29) is 17.2 Å². The summed E-state index contributed by atoms with van der Waals surface area (Å²) >= 11 is 4.76. The van der Waals surface area contributed by atoms with Crippen LogP contribution in [0.1, 0.15) is 21.1 Å². The van der Waals surface area contributed by atoms with Crippen molar-refractivity contribution in [2.45, 2.75) is 6.92 Å². The molecule has 110 valence electrons. The fraction of sp³-hybridized carbons (Fsp3) is 0.0625. The predicted molar refractivity (Wildman–Crippen MR) is 92.5 cm³/mol. The molecule has 3 aromatic rings. The number of carbonyl (C=O) groups is 1. The molecule has 3 rings (SSSR count). The highest BCUT2D eigenvalue weighted by molar-refractivity contribution is 9.10. The zero-order chi connectivity index (χ0) is 15.7. The van der Waals surface area contributed by atoms with E-state index in [2.05, 4.69) is 25.9 Å². The molecule has 0 bridgehead atoms. The van der Waals surface area contributed by atoms with Gasteiger partial charge in [-0.3, -0.25) is 9.59 Å². The average Bonchev–Trinajstić information content (AvgIpc) is 2.87. The van der Waals surface area contributed by atoms with Gasteiger partial charge >= 0.3 is 0 Å². The van der Waals surface area contributed by atoms with Gasteiger partial charge in [-0.25, -0.2) is 4.98 Å². The summed E-state index contributed by atoms with van der Waals surface area (Å²) in [5.41, 5.74) is 0.613. The number of nitrogens with one attached hydrogen (secondary N) is 1. The van der Waals surface area contributed by atoms with E-state index in [1.54, 1.807) is 12.1 Å². The fourth-order valence-corrected chi connectivity index (χ4v) is 3.14. The minimum atomic E-state index is -0.326. The SMILES string of the molecule is Cc1cc2c(=O)[nH]c(C(=O)/C=C/c3ccc(Br)cc3)nc2s1. The Bertz CT molecular complexity index is 939. The summed E-state index contributed by atoms with van der Waals surface area (Å²) < 4.78 is 0.973. The Kier molecular flexibility index (Phi) is 4.04. The van der Waals surface area contributed by atoms with E-state index in [1.807, 2.05) is 31.2 Å². The minimum absolute atomic E-state index is 0.0627. The zero-order valence-corrected chi connectivity index (χ0v) is 14.0. The van der Waals surface area contributed by atoms with E-state index in [0.717, 1.165) is 14.9 Å². The Labute approximate surface area is 138 Å². The standard InChI is InChI=1S/C16H11BrN2O2S/c1-9-8-12-15(21)18-14(19-16(12)22-9)13(20)7-4-10-2-5-11(17)6-3-10/h2-8H,1H3,(H,18,19,21)/b7-4+. The Hall–Kier alpha value is -2.05. The number of ketones is 1. The summed E-state index contributed by atoms with van der Waals surface area (Å²) in [4.78, 5) is 32.5. The molecule has 1 aromatic carbocycles. The van der Waals surface area contributed by atoms with Gasteiger partial charge in [0.2, 0.25) is 5.78 Å². The van der Waals surface area contributed by atoms with Gasteiger partial charge in [0, 0.05) is 9.35 Å². The van der Waals surface area contributed by atoms with Crippen LogP contribution in [0.25, 0.3) is 16.3 Å². The molecule has 0 radical (unpaired) electrons. The highest BCUT2D eigenvalue weighted by atomic mass is 79.9. The molecule has 0 aliphatic heterocycles. The van der Waals surface area contributed by atoms with Gasteiger partial charge in [-0.15, -0.1) is 11.3 Å². The zero-order valence-electron chi connectivity index (χ0n) is 11.6. The van der Waals surface area contributed by atoms with Gasteiger partial charge in [0.05, 0.1) is 5.39 Å². The predicted octanol–water partition coefficient (Wildman–Crippen LogP) is 3.95. The summed E-state index contributed by atoms with van der Waals surface area (Å²) in [6, 6.07) is 9.33. The highest BCUT2D eigenvalue weighted by Crippen LogP contribution is 2.20. The van der Waals surface area contributed by atoms with Gasteiger partial charge in [-0.2, -0.15) is 0 Å². The van der Waals surface area contributed by atoms with Gasteiger partial charge in [0.1, 0.15) is 4.83 Å². The Morgan fingerprint density at radius 1 is 1.32 bits per heavy atom. The monoisotopic (exact) mass is 374 g/mol. The first-order valence-corrected chi connectivity index (χ1v) is 8.12.